The van der Waals surface area contributed by atoms with Gasteiger partial charge in [0.05, 0.1) is 5.69 Å². The lowest BCUT2D eigenvalue weighted by atomic mass is 10.2. The molecule has 1 fully saturated rings. The molecule has 0 aliphatic carbocycles. The Morgan fingerprint density at radius 2 is 1.78 bits per heavy atom. The van der Waals surface area contributed by atoms with Crippen molar-refractivity contribution >= 4 is 38.5 Å². The average Bonchev–Trinajstić information content (AvgIpc) is 2.57. The van der Waals surface area contributed by atoms with Crippen LogP contribution in [-0.2, 0) is 10.2 Å². The van der Waals surface area contributed by atoms with Crippen LogP contribution in [0.4, 0.5) is 5.69 Å². The summed E-state index contributed by atoms with van der Waals surface area (Å²) in [5.74, 6) is 0. The van der Waals surface area contributed by atoms with Crippen molar-refractivity contribution in [2.45, 2.75) is 25.7 Å². The van der Waals surface area contributed by atoms with Crippen molar-refractivity contribution < 1.29 is 8.42 Å². The smallest absolute Gasteiger partial charge is 0.271 e. The Morgan fingerprint density at radius 1 is 1.11 bits per heavy atom. The van der Waals surface area contributed by atoms with Gasteiger partial charge >= 0.3 is 10.2 Å². The second kappa shape index (κ2) is 6.21. The number of hydrogen-bond acceptors (Lipinski definition) is 2. The highest BCUT2D eigenvalue weighted by Crippen LogP contribution is 2.18. The fourth-order valence-corrected chi connectivity index (χ4v) is 3.88. The van der Waals surface area contributed by atoms with Gasteiger partial charge in [-0.15, -0.1) is 0 Å². The molecule has 1 aliphatic rings. The molecule has 2 rings (SSSR count). The van der Waals surface area contributed by atoms with E-state index in [2.05, 4.69) is 27.3 Å². The number of nitrogens with zero attached hydrogens (tertiary/aromatic N) is 1. The molecule has 1 aliphatic heterocycles. The summed E-state index contributed by atoms with van der Waals surface area (Å²) in [6, 6.07) is 7.39. The standard InChI is InChI=1S/C12H17IN2O2S/c13-11-6-5-7-12(10-11)14-18(16,17)15-8-3-1-2-4-9-15/h5-7,10,14H,1-4,8-9H2. The van der Waals surface area contributed by atoms with Crippen molar-refractivity contribution in [3.05, 3.63) is 27.8 Å². The van der Waals surface area contributed by atoms with Crippen LogP contribution in [-0.4, -0.2) is 25.8 Å². The van der Waals surface area contributed by atoms with Gasteiger partial charge in [-0.05, 0) is 53.6 Å². The number of benzene rings is 1. The zero-order valence-electron chi connectivity index (χ0n) is 10.1. The highest BCUT2D eigenvalue weighted by atomic mass is 127. The number of anilines is 1. The van der Waals surface area contributed by atoms with Gasteiger partial charge in [-0.3, -0.25) is 4.72 Å². The highest BCUT2D eigenvalue weighted by molar-refractivity contribution is 14.1. The molecule has 6 heteroatoms. The summed E-state index contributed by atoms with van der Waals surface area (Å²) in [6.07, 6.45) is 4.14. The third-order valence-corrected chi connectivity index (χ3v) is 5.19. The van der Waals surface area contributed by atoms with Crippen LogP contribution in [0.2, 0.25) is 0 Å². The zero-order valence-corrected chi connectivity index (χ0v) is 13.1. The van der Waals surface area contributed by atoms with Gasteiger partial charge in [-0.25, -0.2) is 0 Å². The summed E-state index contributed by atoms with van der Waals surface area (Å²) >= 11 is 2.17. The molecule has 0 aromatic heterocycles. The van der Waals surface area contributed by atoms with Gasteiger partial charge in [0.2, 0.25) is 0 Å². The second-order valence-electron chi connectivity index (χ2n) is 4.43. The molecule has 1 aromatic carbocycles. The number of hydrogen-bond donors (Lipinski definition) is 1. The van der Waals surface area contributed by atoms with Crippen LogP contribution in [0.3, 0.4) is 0 Å². The van der Waals surface area contributed by atoms with Gasteiger partial charge in [-0.2, -0.15) is 12.7 Å². The molecule has 4 nitrogen and oxygen atoms in total. The van der Waals surface area contributed by atoms with Crippen molar-refractivity contribution in [2.75, 3.05) is 17.8 Å². The topological polar surface area (TPSA) is 49.4 Å². The monoisotopic (exact) mass is 380 g/mol. The average molecular weight is 380 g/mol. The van der Waals surface area contributed by atoms with Crippen LogP contribution < -0.4 is 4.72 Å². The Hall–Kier alpha value is -0.340. The molecule has 1 heterocycles. The van der Waals surface area contributed by atoms with E-state index in [-0.39, 0.29) is 0 Å². The summed E-state index contributed by atoms with van der Waals surface area (Å²) < 4.78 is 29.7. The van der Waals surface area contributed by atoms with Gasteiger partial charge in [0.15, 0.2) is 0 Å². The van der Waals surface area contributed by atoms with Crippen LogP contribution >= 0.6 is 22.6 Å². The van der Waals surface area contributed by atoms with Crippen LogP contribution in [0.1, 0.15) is 25.7 Å². The third-order valence-electron chi connectivity index (χ3n) is 2.98. The van der Waals surface area contributed by atoms with Gasteiger partial charge in [0.1, 0.15) is 0 Å². The lowest BCUT2D eigenvalue weighted by Crippen LogP contribution is -2.36. The minimum absolute atomic E-state index is 0.624. The maximum absolute atomic E-state index is 12.2. The van der Waals surface area contributed by atoms with Gasteiger partial charge in [0, 0.05) is 16.7 Å². The molecular weight excluding hydrogens is 363 g/mol. The Bertz CT molecular complexity index is 497. The zero-order chi connectivity index (χ0) is 13.0. The lowest BCUT2D eigenvalue weighted by molar-refractivity contribution is 0.427. The molecule has 1 saturated heterocycles. The lowest BCUT2D eigenvalue weighted by Gasteiger charge is -2.20. The van der Waals surface area contributed by atoms with Gasteiger partial charge < -0.3 is 0 Å². The van der Waals surface area contributed by atoms with Crippen molar-refractivity contribution in [3.8, 4) is 0 Å². The molecule has 0 bridgehead atoms. The predicted octanol–water partition coefficient (Wildman–Crippen LogP) is 2.82. The first-order chi connectivity index (χ1) is 8.58. The van der Waals surface area contributed by atoms with E-state index in [1.54, 1.807) is 10.4 Å². The number of halogens is 1. The largest absolute Gasteiger partial charge is 0.301 e. The highest BCUT2D eigenvalue weighted by Gasteiger charge is 2.22. The maximum Gasteiger partial charge on any atom is 0.301 e. The second-order valence-corrected chi connectivity index (χ2v) is 7.35. The number of rotatable bonds is 3. The fraction of sp³-hybridized carbons (Fsp3) is 0.500. The van der Waals surface area contributed by atoms with Crippen LogP contribution in [0.25, 0.3) is 0 Å². The van der Waals surface area contributed by atoms with E-state index in [0.29, 0.717) is 18.8 Å². The molecule has 0 saturated carbocycles. The van der Waals surface area contributed by atoms with Crippen molar-refractivity contribution in [3.63, 3.8) is 0 Å². The Morgan fingerprint density at radius 3 is 2.39 bits per heavy atom. The fourth-order valence-electron chi connectivity index (χ4n) is 2.05. The summed E-state index contributed by atoms with van der Waals surface area (Å²) in [5.41, 5.74) is 0.631. The van der Waals surface area contributed by atoms with Crippen molar-refractivity contribution in [2.24, 2.45) is 0 Å². The normalized spacial score (nSPS) is 18.3. The van der Waals surface area contributed by atoms with Gasteiger partial charge in [0.25, 0.3) is 0 Å². The number of nitrogens with one attached hydrogen (secondary N) is 1. The predicted molar refractivity (Wildman–Crippen MR) is 81.7 cm³/mol. The van der Waals surface area contributed by atoms with E-state index in [1.807, 2.05) is 18.2 Å². The summed E-state index contributed by atoms with van der Waals surface area (Å²) in [6.45, 7) is 1.25. The molecule has 0 amide bonds. The van der Waals surface area contributed by atoms with E-state index in [0.717, 1.165) is 29.3 Å². The van der Waals surface area contributed by atoms with Gasteiger partial charge in [-0.1, -0.05) is 18.9 Å². The first-order valence-electron chi connectivity index (χ1n) is 6.11. The van der Waals surface area contributed by atoms with E-state index < -0.39 is 10.2 Å². The molecule has 18 heavy (non-hydrogen) atoms. The summed E-state index contributed by atoms with van der Waals surface area (Å²) in [5, 5.41) is 0. The minimum Gasteiger partial charge on any atom is -0.271 e. The Balaban J connectivity index is 2.10. The van der Waals surface area contributed by atoms with Crippen LogP contribution in [0, 0.1) is 3.57 Å². The molecule has 0 unspecified atom stereocenters. The Labute approximate surface area is 122 Å². The SMILES string of the molecule is O=S(=O)(Nc1cccc(I)c1)N1CCCCCC1. The molecule has 0 atom stereocenters. The molecule has 1 aromatic rings. The van der Waals surface area contributed by atoms with E-state index >= 15 is 0 Å². The molecule has 0 radical (unpaired) electrons. The molecule has 100 valence electrons. The molecular formula is C12H17IN2O2S. The third kappa shape index (κ3) is 3.83. The first-order valence-corrected chi connectivity index (χ1v) is 8.63. The Kier molecular flexibility index (Phi) is 4.85. The van der Waals surface area contributed by atoms with Crippen LogP contribution in [0.15, 0.2) is 24.3 Å². The quantitative estimate of drug-likeness (QED) is 0.820. The maximum atomic E-state index is 12.2. The minimum atomic E-state index is -3.40. The first kappa shape index (κ1) is 14.1. The summed E-state index contributed by atoms with van der Waals surface area (Å²) in [4.78, 5) is 0. The van der Waals surface area contributed by atoms with E-state index in [4.69, 9.17) is 0 Å². The summed E-state index contributed by atoms with van der Waals surface area (Å²) in [7, 11) is -3.40. The molecule has 0 spiro atoms. The van der Waals surface area contributed by atoms with E-state index in [9.17, 15) is 8.42 Å². The van der Waals surface area contributed by atoms with E-state index in [1.165, 1.54) is 0 Å². The van der Waals surface area contributed by atoms with Crippen molar-refractivity contribution in [1.82, 2.24) is 4.31 Å². The van der Waals surface area contributed by atoms with Crippen LogP contribution in [0.5, 0.6) is 0 Å². The molecule has 1 N–H and O–H groups in total. The van der Waals surface area contributed by atoms with Crippen molar-refractivity contribution in [1.29, 1.82) is 0 Å².